The van der Waals surface area contributed by atoms with Gasteiger partial charge in [0.2, 0.25) is 0 Å². The Morgan fingerprint density at radius 3 is 1.49 bits per heavy atom. The number of hydrogen-bond acceptors (Lipinski definition) is 19. The number of aromatic carboxylic acids is 1. The zero-order valence-corrected chi connectivity index (χ0v) is 51.8. The summed E-state index contributed by atoms with van der Waals surface area (Å²) in [5, 5.41) is 14.4. The van der Waals surface area contributed by atoms with Gasteiger partial charge in [0, 0.05) is 89.3 Å². The highest BCUT2D eigenvalue weighted by Gasteiger charge is 2.32. The number of benzene rings is 4. The standard InChI is InChI=1S/C29H30F2N6O4.C17H14F2N4O2.C12H20N2O4.Cl3OP/c1-38-10-12-40-25-15-22-23(16-26(25)41-13-11-39-2)34-28(33-22)20-17-32-37-9-7-27(35-29(20)37)36-8-3-4-24(36)19-14-18(30)5-6-21(19)31;18-10-3-4-13(19)11(8-10)14-2-1-6-22(14)15-5-7-23-16(21-15)12(9-20-23)17(24)25;1-15-3-5-17-11-7-9(13)10(14)8-12(11)18-6-4-16-2;1-5(2,3)4/h5-7,9,14-17,24H,3-4,8,10-13H2,1-2H3,(H,33,34);3-5,7-9,14H,1-2,6H2,(H,24,25);7-8H,3-6,13-14H2,1-2H3;/t24-;14-;;/m11../s1. The number of carboxylic acids is 1. The summed E-state index contributed by atoms with van der Waals surface area (Å²) >= 11 is 13.8. The second-order valence-corrected chi connectivity index (χ2v) is 26.3. The lowest BCUT2D eigenvalue weighted by molar-refractivity contribution is 0.0698. The van der Waals surface area contributed by atoms with Crippen LogP contribution in [0.15, 0.2) is 97.6 Å². The van der Waals surface area contributed by atoms with E-state index >= 15 is 0 Å². The van der Waals surface area contributed by atoms with Crippen molar-refractivity contribution in [1.82, 2.24) is 39.2 Å². The van der Waals surface area contributed by atoms with Crippen molar-refractivity contribution in [1.29, 1.82) is 0 Å². The molecule has 0 spiro atoms. The number of H-pyrrole nitrogens is 1. The third-order valence-electron chi connectivity index (χ3n) is 13.8. The highest BCUT2D eigenvalue weighted by molar-refractivity contribution is 8.24. The number of fused-ring (bicyclic) bond motifs is 3. The van der Waals surface area contributed by atoms with Crippen molar-refractivity contribution in [2.45, 2.75) is 37.8 Å². The van der Waals surface area contributed by atoms with Gasteiger partial charge >= 0.3 is 11.2 Å². The minimum atomic E-state index is -3.22. The molecule has 0 saturated carbocycles. The predicted molar refractivity (Wildman–Crippen MR) is 329 cm³/mol. The first kappa shape index (κ1) is 67.1. The summed E-state index contributed by atoms with van der Waals surface area (Å²) in [5.74, 6) is 1.01. The number of methoxy groups -OCH3 is 4. The van der Waals surface area contributed by atoms with Gasteiger partial charge in [-0.15, -0.1) is 0 Å². The number of aromatic nitrogens is 8. The number of imidazole rings is 1. The smallest absolute Gasteiger partial charge is 0.341 e. The number of rotatable bonds is 22. The summed E-state index contributed by atoms with van der Waals surface area (Å²) in [7, 11) is 6.44. The molecule has 7 heterocycles. The Labute approximate surface area is 522 Å². The van der Waals surface area contributed by atoms with Crippen LogP contribution in [0.2, 0.25) is 0 Å². The Kier molecular flexibility index (Phi) is 23.8. The van der Waals surface area contributed by atoms with Gasteiger partial charge in [-0.2, -0.15) is 10.2 Å². The van der Waals surface area contributed by atoms with Crippen molar-refractivity contribution in [3.05, 3.63) is 138 Å². The molecular weight excluding hydrogens is 1250 g/mol. The monoisotopic (exact) mass is 1320 g/mol. The number of aromatic amines is 1. The predicted octanol–water partition coefficient (Wildman–Crippen LogP) is 11.7. The normalized spacial score (nSPS) is 14.7. The second-order valence-electron chi connectivity index (χ2n) is 19.7. The van der Waals surface area contributed by atoms with Crippen LogP contribution in [-0.2, 0) is 23.5 Å². The summed E-state index contributed by atoms with van der Waals surface area (Å²) in [5.41, 5.74) is 15.9. The molecule has 2 atom stereocenters. The molecule has 0 radical (unpaired) electrons. The van der Waals surface area contributed by atoms with Crippen LogP contribution in [0, 0.1) is 23.3 Å². The number of halogens is 7. The van der Waals surface area contributed by atoms with Crippen LogP contribution in [0.25, 0.3) is 33.7 Å². The molecule has 476 valence electrons. The Balaban J connectivity index is 0.000000181. The molecule has 4 aromatic carbocycles. The molecule has 2 saturated heterocycles. The Bertz CT molecular complexity index is 3810. The molecule has 0 amide bonds. The number of hydrogen-bond donors (Lipinski definition) is 4. The van der Waals surface area contributed by atoms with E-state index in [4.69, 9.17) is 59.3 Å². The number of anilines is 4. The largest absolute Gasteiger partial charge is 0.487 e. The highest BCUT2D eigenvalue weighted by Crippen LogP contribution is 2.61. The third kappa shape index (κ3) is 17.7. The van der Waals surface area contributed by atoms with Crippen LogP contribution in [-0.4, -0.2) is 145 Å². The molecule has 31 heteroatoms. The maximum atomic E-state index is 14.7. The van der Waals surface area contributed by atoms with Gasteiger partial charge in [0.1, 0.15) is 72.7 Å². The first-order chi connectivity index (χ1) is 42.8. The van der Waals surface area contributed by atoms with Crippen molar-refractivity contribution in [3.8, 4) is 34.4 Å². The Hall–Kier alpha value is -7.88. The summed E-state index contributed by atoms with van der Waals surface area (Å²) in [4.78, 5) is 32.6. The van der Waals surface area contributed by atoms with Crippen LogP contribution in [0.4, 0.5) is 40.6 Å². The van der Waals surface area contributed by atoms with Gasteiger partial charge in [-0.05, 0) is 108 Å². The number of nitrogens with zero attached hydrogens (tertiary/aromatic N) is 9. The molecule has 5 aromatic heterocycles. The summed E-state index contributed by atoms with van der Waals surface area (Å²) in [6, 6.07) is 16.8. The molecule has 89 heavy (non-hydrogen) atoms. The lowest BCUT2D eigenvalue weighted by Gasteiger charge is -2.26. The van der Waals surface area contributed by atoms with Crippen LogP contribution in [0.1, 0.15) is 59.3 Å². The molecule has 0 bridgehead atoms. The number of nitrogen functional groups attached to an aromatic ring is 2. The summed E-state index contributed by atoms with van der Waals surface area (Å²) in [6.45, 7) is 4.70. The van der Waals surface area contributed by atoms with Crippen molar-refractivity contribution in [2.75, 3.05) is 116 Å². The molecule has 2 aliphatic rings. The van der Waals surface area contributed by atoms with Crippen LogP contribution in [0.3, 0.4) is 0 Å². The number of ether oxygens (including phenoxy) is 8. The zero-order valence-electron chi connectivity index (χ0n) is 48.6. The quantitative estimate of drug-likeness (QED) is 0.0212. The van der Waals surface area contributed by atoms with Crippen LogP contribution in [0.5, 0.6) is 23.0 Å². The van der Waals surface area contributed by atoms with Gasteiger partial charge in [-0.3, -0.25) is 4.57 Å². The van der Waals surface area contributed by atoms with Gasteiger partial charge < -0.3 is 69.3 Å². The Morgan fingerprint density at radius 1 is 0.607 bits per heavy atom. The van der Waals surface area contributed by atoms with E-state index in [1.165, 1.54) is 28.9 Å². The molecule has 11 rings (SSSR count). The van der Waals surface area contributed by atoms with Crippen molar-refractivity contribution < 1.29 is 69.9 Å². The lowest BCUT2D eigenvalue weighted by Crippen LogP contribution is -2.24. The fourth-order valence-electron chi connectivity index (χ4n) is 9.75. The second kappa shape index (κ2) is 31.5. The molecule has 2 aliphatic heterocycles. The number of carboxylic acid groups (broad SMARTS) is 1. The molecule has 2 fully saturated rings. The minimum Gasteiger partial charge on any atom is -0.487 e. The van der Waals surface area contributed by atoms with E-state index in [1.807, 2.05) is 34.2 Å². The highest BCUT2D eigenvalue weighted by atomic mass is 36.0. The van der Waals surface area contributed by atoms with E-state index in [0.29, 0.717) is 153 Å². The number of nitrogens with one attached hydrogen (secondary N) is 1. The Morgan fingerprint density at radius 2 is 1.03 bits per heavy atom. The molecule has 9 aromatic rings. The van der Waals surface area contributed by atoms with Gasteiger partial charge in [0.25, 0.3) is 0 Å². The van der Waals surface area contributed by atoms with E-state index < -0.39 is 34.4 Å². The molecule has 6 N–H and O–H groups in total. The zero-order chi connectivity index (χ0) is 63.8. The van der Waals surface area contributed by atoms with Gasteiger partial charge in [0.05, 0.1) is 78.9 Å². The number of carbonyl (C=O) groups is 1. The van der Waals surface area contributed by atoms with Crippen molar-refractivity contribution in [2.24, 2.45) is 0 Å². The SMILES string of the molecule is COCCOc1cc(N)c(N)cc1OCCOC.COCCOc1cc2nc(-c3cnn4ccc(N5CCC[C@@H]5c5cc(F)ccc5F)nc34)[nH]c2cc1OCCOC.O=C(O)c1cnn2ccc(N3CCC[C@@H]3c3cc(F)ccc3F)nc12.O=P(Cl)(Cl)Cl. The minimum absolute atomic E-state index is 0.00506. The van der Waals surface area contributed by atoms with Gasteiger partial charge in [-0.25, -0.2) is 46.3 Å². The fraction of sp³-hybridized carbons (Fsp3) is 0.345. The fourth-order valence-corrected chi connectivity index (χ4v) is 9.75. The van der Waals surface area contributed by atoms with Gasteiger partial charge in [-0.1, -0.05) is 0 Å². The maximum Gasteiger partial charge on any atom is 0.341 e. The average molecular weight is 1320 g/mol. The number of nitrogens with two attached hydrogens (primary N) is 2. The van der Waals surface area contributed by atoms with Crippen molar-refractivity contribution >= 4 is 90.2 Å². The van der Waals surface area contributed by atoms with E-state index in [2.05, 4.69) is 53.9 Å². The first-order valence-electron chi connectivity index (χ1n) is 27.5. The van der Waals surface area contributed by atoms with Crippen molar-refractivity contribution in [3.63, 3.8) is 0 Å². The summed E-state index contributed by atoms with van der Waals surface area (Å²) < 4.78 is 112. The van der Waals surface area contributed by atoms with Gasteiger partial charge in [0.15, 0.2) is 34.3 Å². The molecule has 0 unspecified atom stereocenters. The van der Waals surface area contributed by atoms with E-state index in [9.17, 15) is 32.0 Å². The topological polar surface area (TPSA) is 276 Å². The van der Waals surface area contributed by atoms with E-state index in [0.717, 1.165) is 36.6 Å². The lowest BCUT2D eigenvalue weighted by atomic mass is 10.0. The van der Waals surface area contributed by atoms with Crippen LogP contribution < -0.4 is 40.2 Å². The average Bonchev–Trinajstić information content (AvgIpc) is 1.91. The molecule has 23 nitrogen and oxygen atoms in total. The third-order valence-corrected chi connectivity index (χ3v) is 13.8. The van der Waals surface area contributed by atoms with E-state index in [-0.39, 0.29) is 28.9 Å². The van der Waals surface area contributed by atoms with Crippen LogP contribution >= 0.6 is 38.9 Å². The maximum absolute atomic E-state index is 14.7. The summed E-state index contributed by atoms with van der Waals surface area (Å²) in [6.07, 6.45) is 9.37. The molecular formula is C58H64Cl3F4N12O11P. The molecule has 0 aliphatic carbocycles. The van der Waals surface area contributed by atoms with E-state index in [1.54, 1.807) is 63.5 Å². The first-order valence-corrected chi connectivity index (χ1v) is 31.9.